The van der Waals surface area contributed by atoms with Crippen molar-refractivity contribution in [1.82, 2.24) is 15.3 Å². The van der Waals surface area contributed by atoms with Gasteiger partial charge in [0.2, 0.25) is 5.28 Å². The minimum Gasteiger partial charge on any atom is -0.465 e. The molecular weight excluding hydrogens is 360 g/mol. The molecule has 2 rings (SSSR count). The van der Waals surface area contributed by atoms with Crippen molar-refractivity contribution in [3.05, 3.63) is 16.0 Å². The monoisotopic (exact) mass is 378 g/mol. The summed E-state index contributed by atoms with van der Waals surface area (Å²) in [7, 11) is 0. The second-order valence-corrected chi connectivity index (χ2v) is 6.26. The van der Waals surface area contributed by atoms with Gasteiger partial charge in [0.25, 0.3) is 0 Å². The number of anilines is 1. The first-order chi connectivity index (χ1) is 9.88. The van der Waals surface area contributed by atoms with Gasteiger partial charge in [-0.3, -0.25) is 0 Å². The first-order valence-corrected chi connectivity index (χ1v) is 7.99. The predicted octanol–water partition coefficient (Wildman–Crippen LogP) is 3.91. The third-order valence-electron chi connectivity index (χ3n) is 2.82. The Bertz CT molecular complexity index is 467. The van der Waals surface area contributed by atoms with E-state index in [0.29, 0.717) is 6.04 Å². The lowest BCUT2D eigenvalue weighted by Gasteiger charge is -2.13. The van der Waals surface area contributed by atoms with Gasteiger partial charge in [0, 0.05) is 18.3 Å². The summed E-state index contributed by atoms with van der Waals surface area (Å²) >= 11 is 9.11. The molecule has 1 saturated carbocycles. The minimum absolute atomic E-state index is 0.0255. The molecule has 0 aromatic carbocycles. The van der Waals surface area contributed by atoms with E-state index in [2.05, 4.69) is 36.5 Å². The summed E-state index contributed by atoms with van der Waals surface area (Å²) in [5, 5.41) is 13.8. The molecule has 1 aliphatic rings. The van der Waals surface area contributed by atoms with Gasteiger partial charge >= 0.3 is 6.09 Å². The average Bonchev–Trinajstić information content (AvgIpc) is 2.86. The third-order valence-corrected chi connectivity index (χ3v) is 3.59. The fourth-order valence-corrected chi connectivity index (χ4v) is 2.40. The lowest BCUT2D eigenvalue weighted by Crippen LogP contribution is -2.27. The van der Waals surface area contributed by atoms with E-state index in [1.54, 1.807) is 20.0 Å². The predicted molar refractivity (Wildman–Crippen MR) is 86.9 cm³/mol. The summed E-state index contributed by atoms with van der Waals surface area (Å²) in [6.45, 7) is 3.54. The van der Waals surface area contributed by atoms with Crippen LogP contribution in [-0.4, -0.2) is 33.3 Å². The second-order valence-electron chi connectivity index (χ2n) is 5.07. The number of carboxylic acid groups (broad SMARTS) is 1. The Hall–Kier alpha value is -1.08. The standard InChI is InChI=1S/C9H11BrClN3.C4H9NO2/c10-7-5-12-9(11)14-8(7)13-6-3-1-2-4-6;1-3(2)5-4(6)7/h5-6H,1-4H2,(H,12,13,14);3,5H,1-2H3,(H,6,7). The van der Waals surface area contributed by atoms with Crippen LogP contribution in [0.2, 0.25) is 5.28 Å². The molecule has 3 N–H and O–H groups in total. The van der Waals surface area contributed by atoms with Gasteiger partial charge in [-0.15, -0.1) is 0 Å². The van der Waals surface area contributed by atoms with Gasteiger partial charge in [-0.1, -0.05) is 12.8 Å². The average molecular weight is 380 g/mol. The summed E-state index contributed by atoms with van der Waals surface area (Å²) < 4.78 is 0.869. The first-order valence-electron chi connectivity index (χ1n) is 6.82. The Morgan fingerprint density at radius 3 is 2.57 bits per heavy atom. The lowest BCUT2D eigenvalue weighted by molar-refractivity contribution is 0.191. The van der Waals surface area contributed by atoms with E-state index >= 15 is 0 Å². The molecule has 118 valence electrons. The second kappa shape index (κ2) is 9.04. The van der Waals surface area contributed by atoms with Crippen LogP contribution in [0.1, 0.15) is 39.5 Å². The molecule has 0 spiro atoms. The molecule has 21 heavy (non-hydrogen) atoms. The molecule has 0 bridgehead atoms. The number of nitrogens with one attached hydrogen (secondary N) is 2. The minimum atomic E-state index is -0.963. The highest BCUT2D eigenvalue weighted by atomic mass is 79.9. The number of nitrogens with zero attached hydrogens (tertiary/aromatic N) is 2. The van der Waals surface area contributed by atoms with Gasteiger partial charge < -0.3 is 15.7 Å². The Morgan fingerprint density at radius 2 is 2.10 bits per heavy atom. The number of aromatic nitrogens is 2. The third kappa shape index (κ3) is 7.47. The van der Waals surface area contributed by atoms with Crippen molar-refractivity contribution in [2.75, 3.05) is 5.32 Å². The zero-order chi connectivity index (χ0) is 15.8. The molecule has 1 aromatic rings. The van der Waals surface area contributed by atoms with E-state index in [1.807, 2.05) is 0 Å². The topological polar surface area (TPSA) is 87.1 Å². The molecule has 1 aliphatic carbocycles. The molecule has 1 heterocycles. The van der Waals surface area contributed by atoms with Crippen LogP contribution < -0.4 is 10.6 Å². The van der Waals surface area contributed by atoms with Crippen molar-refractivity contribution in [1.29, 1.82) is 0 Å². The quantitative estimate of drug-likeness (QED) is 0.693. The van der Waals surface area contributed by atoms with Crippen molar-refractivity contribution >= 4 is 39.4 Å². The van der Waals surface area contributed by atoms with Crippen molar-refractivity contribution in [3.8, 4) is 0 Å². The Labute approximate surface area is 137 Å². The van der Waals surface area contributed by atoms with E-state index in [9.17, 15) is 4.79 Å². The van der Waals surface area contributed by atoms with Crippen LogP contribution in [0.15, 0.2) is 10.7 Å². The van der Waals surface area contributed by atoms with Crippen molar-refractivity contribution in [2.24, 2.45) is 0 Å². The van der Waals surface area contributed by atoms with Crippen molar-refractivity contribution in [2.45, 2.75) is 51.6 Å². The fraction of sp³-hybridized carbons (Fsp3) is 0.615. The maximum Gasteiger partial charge on any atom is 0.404 e. The summed E-state index contributed by atoms with van der Waals surface area (Å²) in [6, 6.07) is 0.565. The number of hydrogen-bond donors (Lipinski definition) is 3. The van der Waals surface area contributed by atoms with Gasteiger partial charge in [0.1, 0.15) is 5.82 Å². The molecule has 6 nitrogen and oxygen atoms in total. The number of hydrogen-bond acceptors (Lipinski definition) is 4. The zero-order valence-corrected chi connectivity index (χ0v) is 14.4. The van der Waals surface area contributed by atoms with E-state index in [1.165, 1.54) is 25.7 Å². The van der Waals surface area contributed by atoms with Crippen molar-refractivity contribution < 1.29 is 9.90 Å². The number of rotatable bonds is 3. The van der Waals surface area contributed by atoms with Gasteiger partial charge in [0.15, 0.2) is 0 Å². The highest BCUT2D eigenvalue weighted by molar-refractivity contribution is 9.10. The summed E-state index contributed by atoms with van der Waals surface area (Å²) in [5.41, 5.74) is 0. The van der Waals surface area contributed by atoms with Crippen LogP contribution in [-0.2, 0) is 0 Å². The van der Waals surface area contributed by atoms with Gasteiger partial charge in [0.05, 0.1) is 4.47 Å². The molecule has 0 unspecified atom stereocenters. The molecule has 1 aromatic heterocycles. The molecule has 0 radical (unpaired) electrons. The lowest BCUT2D eigenvalue weighted by atomic mass is 10.2. The Kier molecular flexibility index (Phi) is 7.74. The van der Waals surface area contributed by atoms with E-state index < -0.39 is 6.09 Å². The van der Waals surface area contributed by atoms with Gasteiger partial charge in [-0.25, -0.2) is 9.78 Å². The fourth-order valence-electron chi connectivity index (χ4n) is 1.96. The molecule has 8 heteroatoms. The van der Waals surface area contributed by atoms with Crippen LogP contribution in [0.5, 0.6) is 0 Å². The van der Waals surface area contributed by atoms with E-state index in [0.717, 1.165) is 10.3 Å². The smallest absolute Gasteiger partial charge is 0.404 e. The van der Waals surface area contributed by atoms with Gasteiger partial charge in [-0.2, -0.15) is 4.98 Å². The number of halogens is 2. The first kappa shape index (κ1) is 18.0. The molecule has 1 amide bonds. The van der Waals surface area contributed by atoms with Crippen LogP contribution >= 0.6 is 27.5 Å². The molecule has 0 saturated heterocycles. The SMILES string of the molecule is CC(C)NC(=O)O.Clc1ncc(Br)c(NC2CCCC2)n1. The van der Waals surface area contributed by atoms with Crippen LogP contribution in [0, 0.1) is 0 Å². The summed E-state index contributed by atoms with van der Waals surface area (Å²) in [4.78, 5) is 17.7. The largest absolute Gasteiger partial charge is 0.465 e. The Morgan fingerprint density at radius 1 is 1.48 bits per heavy atom. The highest BCUT2D eigenvalue weighted by Crippen LogP contribution is 2.26. The number of carbonyl (C=O) groups is 1. The zero-order valence-electron chi connectivity index (χ0n) is 12.1. The van der Waals surface area contributed by atoms with Crippen molar-refractivity contribution in [3.63, 3.8) is 0 Å². The maximum absolute atomic E-state index is 9.70. The molecule has 0 atom stereocenters. The van der Waals surface area contributed by atoms with E-state index in [4.69, 9.17) is 16.7 Å². The van der Waals surface area contributed by atoms with Crippen LogP contribution in [0.3, 0.4) is 0 Å². The van der Waals surface area contributed by atoms with Crippen LogP contribution in [0.4, 0.5) is 10.6 Å². The maximum atomic E-state index is 9.70. The van der Waals surface area contributed by atoms with E-state index in [-0.39, 0.29) is 11.3 Å². The molecule has 1 fully saturated rings. The normalized spacial score (nSPS) is 14.5. The van der Waals surface area contributed by atoms with Gasteiger partial charge in [-0.05, 0) is 54.2 Å². The summed E-state index contributed by atoms with van der Waals surface area (Å²) in [5.74, 6) is 0.803. The molecule has 0 aliphatic heterocycles. The number of amides is 1. The molecular formula is C13H20BrClN4O2. The Balaban J connectivity index is 0.000000270. The highest BCUT2D eigenvalue weighted by Gasteiger charge is 2.16. The van der Waals surface area contributed by atoms with Crippen LogP contribution in [0.25, 0.3) is 0 Å². The summed E-state index contributed by atoms with van der Waals surface area (Å²) in [6.07, 6.45) is 5.74.